The number of halogens is 1. The van der Waals surface area contributed by atoms with E-state index in [2.05, 4.69) is 22.5 Å². The zero-order valence-electron chi connectivity index (χ0n) is 14.4. The van der Waals surface area contributed by atoms with Crippen molar-refractivity contribution in [2.45, 2.75) is 44.4 Å². The maximum atomic E-state index is 11.6. The van der Waals surface area contributed by atoms with Crippen LogP contribution >= 0.6 is 35.7 Å². The first-order chi connectivity index (χ1) is 11.3. The second-order valence-electron chi connectivity index (χ2n) is 5.72. The molecule has 7 heteroatoms. The van der Waals surface area contributed by atoms with Gasteiger partial charge in [-0.3, -0.25) is 9.79 Å². The highest BCUT2D eigenvalue weighted by Crippen LogP contribution is 2.25. The molecule has 2 N–H and O–H groups in total. The van der Waals surface area contributed by atoms with Crippen molar-refractivity contribution < 1.29 is 0 Å². The van der Waals surface area contributed by atoms with Crippen LogP contribution in [0.2, 0.25) is 0 Å². The topological polar surface area (TPSA) is 58.4 Å². The lowest BCUT2D eigenvalue weighted by Crippen LogP contribution is -2.38. The minimum Gasteiger partial charge on any atom is -0.357 e. The molecule has 0 bridgehead atoms. The van der Waals surface area contributed by atoms with Crippen molar-refractivity contribution in [1.29, 1.82) is 0 Å². The quantitative estimate of drug-likeness (QED) is 0.269. The van der Waals surface area contributed by atoms with Gasteiger partial charge in [0.25, 0.3) is 0 Å². The molecule has 0 aromatic carbocycles. The predicted molar refractivity (Wildman–Crippen MR) is 115 cm³/mol. The van der Waals surface area contributed by atoms with Gasteiger partial charge in [0, 0.05) is 37.1 Å². The van der Waals surface area contributed by atoms with Gasteiger partial charge in [-0.25, -0.2) is 0 Å². The molecule has 0 saturated carbocycles. The number of thioether (sulfide) groups is 1. The molecule has 1 saturated heterocycles. The van der Waals surface area contributed by atoms with Crippen LogP contribution in [0.1, 0.15) is 32.6 Å². The number of hydrogen-bond acceptors (Lipinski definition) is 3. The maximum absolute atomic E-state index is 11.6. The van der Waals surface area contributed by atoms with Gasteiger partial charge >= 0.3 is 0 Å². The normalized spacial score (nSPS) is 17.4. The Balaban J connectivity index is 0.00000288. The van der Waals surface area contributed by atoms with Gasteiger partial charge in [-0.05, 0) is 44.4 Å². The number of guanidine groups is 1. The van der Waals surface area contributed by atoms with Gasteiger partial charge in [0.1, 0.15) is 0 Å². The predicted octanol–water partition coefficient (Wildman–Crippen LogP) is 2.70. The minimum absolute atomic E-state index is 0. The second kappa shape index (κ2) is 12.6. The minimum atomic E-state index is 0. The van der Waals surface area contributed by atoms with Gasteiger partial charge in [-0.2, -0.15) is 11.8 Å². The van der Waals surface area contributed by atoms with Crippen molar-refractivity contribution >= 4 is 41.7 Å². The Bertz CT molecular complexity index is 543. The van der Waals surface area contributed by atoms with E-state index in [-0.39, 0.29) is 29.5 Å². The molecular formula is C17H29IN4OS. The SMILES string of the molecule is CCNC(=NCC1CCCS1)NCCCCn1ccccc1=O.I. The summed E-state index contributed by atoms with van der Waals surface area (Å²) in [6.07, 6.45) is 6.46. The summed E-state index contributed by atoms with van der Waals surface area (Å²) in [7, 11) is 0. The van der Waals surface area contributed by atoms with Crippen LogP contribution in [0.25, 0.3) is 0 Å². The lowest BCUT2D eigenvalue weighted by atomic mass is 10.2. The maximum Gasteiger partial charge on any atom is 0.250 e. The lowest BCUT2D eigenvalue weighted by Gasteiger charge is -2.13. The number of aryl methyl sites for hydroxylation is 1. The molecule has 0 amide bonds. The summed E-state index contributed by atoms with van der Waals surface area (Å²) in [4.78, 5) is 16.3. The highest BCUT2D eigenvalue weighted by molar-refractivity contribution is 14.0. The first-order valence-corrected chi connectivity index (χ1v) is 9.63. The van der Waals surface area contributed by atoms with E-state index in [0.717, 1.165) is 45.0 Å². The second-order valence-corrected chi connectivity index (χ2v) is 7.13. The third-order valence-electron chi connectivity index (χ3n) is 3.84. The van der Waals surface area contributed by atoms with Crippen LogP contribution < -0.4 is 16.2 Å². The van der Waals surface area contributed by atoms with Crippen molar-refractivity contribution in [2.24, 2.45) is 4.99 Å². The molecule has 2 heterocycles. The number of nitrogens with zero attached hydrogens (tertiary/aromatic N) is 2. The Morgan fingerprint density at radius 1 is 1.38 bits per heavy atom. The van der Waals surface area contributed by atoms with E-state index in [4.69, 9.17) is 0 Å². The van der Waals surface area contributed by atoms with E-state index in [1.165, 1.54) is 18.6 Å². The number of rotatable bonds is 8. The van der Waals surface area contributed by atoms with E-state index in [0.29, 0.717) is 5.25 Å². The van der Waals surface area contributed by atoms with E-state index in [1.807, 2.05) is 24.0 Å². The standard InChI is InChI=1S/C17H28N4OS.HI/c1-2-18-17(20-14-15-8-7-13-23-15)19-10-4-6-12-21-11-5-3-9-16(21)22;/h3,5,9,11,15H,2,4,6-8,10,12-14H2,1H3,(H2,18,19,20);1H. The van der Waals surface area contributed by atoms with E-state index >= 15 is 0 Å². The number of pyridine rings is 1. The molecule has 1 aliphatic rings. The zero-order valence-corrected chi connectivity index (χ0v) is 17.5. The fourth-order valence-corrected chi connectivity index (χ4v) is 3.76. The summed E-state index contributed by atoms with van der Waals surface area (Å²) in [5.41, 5.74) is 0.0735. The molecule has 5 nitrogen and oxygen atoms in total. The first-order valence-electron chi connectivity index (χ1n) is 8.59. The highest BCUT2D eigenvalue weighted by Gasteiger charge is 2.14. The third kappa shape index (κ3) is 7.92. The Kier molecular flexibility index (Phi) is 11.2. The highest BCUT2D eigenvalue weighted by atomic mass is 127. The summed E-state index contributed by atoms with van der Waals surface area (Å²) in [5.74, 6) is 2.19. The van der Waals surface area contributed by atoms with E-state index < -0.39 is 0 Å². The van der Waals surface area contributed by atoms with Crippen LogP contribution in [-0.4, -0.2) is 41.2 Å². The van der Waals surface area contributed by atoms with E-state index in [9.17, 15) is 4.79 Å². The smallest absolute Gasteiger partial charge is 0.250 e. The van der Waals surface area contributed by atoms with Crippen LogP contribution in [0, 0.1) is 0 Å². The molecule has 1 aromatic rings. The van der Waals surface area contributed by atoms with Crippen molar-refractivity contribution in [3.8, 4) is 0 Å². The lowest BCUT2D eigenvalue weighted by molar-refractivity contribution is 0.585. The van der Waals surface area contributed by atoms with Crippen LogP contribution in [0.5, 0.6) is 0 Å². The molecule has 136 valence electrons. The van der Waals surface area contributed by atoms with Crippen LogP contribution in [0.15, 0.2) is 34.2 Å². The average molecular weight is 464 g/mol. The molecule has 1 unspecified atom stereocenters. The summed E-state index contributed by atoms with van der Waals surface area (Å²) >= 11 is 2.04. The molecule has 24 heavy (non-hydrogen) atoms. The van der Waals surface area contributed by atoms with Crippen molar-refractivity contribution in [1.82, 2.24) is 15.2 Å². The van der Waals surface area contributed by atoms with Gasteiger partial charge in [-0.15, -0.1) is 24.0 Å². The molecule has 0 spiro atoms. The molecule has 0 radical (unpaired) electrons. The number of aromatic nitrogens is 1. The molecule has 2 rings (SSSR count). The van der Waals surface area contributed by atoms with Crippen molar-refractivity contribution in [3.05, 3.63) is 34.7 Å². The summed E-state index contributed by atoms with van der Waals surface area (Å²) in [6, 6.07) is 5.29. The van der Waals surface area contributed by atoms with Crippen LogP contribution in [0.4, 0.5) is 0 Å². The summed E-state index contributed by atoms with van der Waals surface area (Å²) < 4.78 is 1.76. The molecular weight excluding hydrogens is 435 g/mol. The largest absolute Gasteiger partial charge is 0.357 e. The number of hydrogen-bond donors (Lipinski definition) is 2. The van der Waals surface area contributed by atoms with Crippen molar-refractivity contribution in [3.63, 3.8) is 0 Å². The monoisotopic (exact) mass is 464 g/mol. The van der Waals surface area contributed by atoms with Gasteiger partial charge in [-0.1, -0.05) is 6.07 Å². The fraction of sp³-hybridized carbons (Fsp3) is 0.647. The Labute approximate surface area is 166 Å². The Morgan fingerprint density at radius 3 is 2.96 bits per heavy atom. The molecule has 1 atom stereocenters. The summed E-state index contributed by atoms with van der Waals surface area (Å²) in [5, 5.41) is 7.38. The molecule has 0 aliphatic carbocycles. The first kappa shape index (κ1) is 21.3. The van der Waals surface area contributed by atoms with E-state index in [1.54, 1.807) is 16.7 Å². The number of nitrogens with one attached hydrogen (secondary N) is 2. The fourth-order valence-electron chi connectivity index (χ4n) is 2.58. The molecule has 1 aromatic heterocycles. The van der Waals surface area contributed by atoms with Gasteiger partial charge < -0.3 is 15.2 Å². The van der Waals surface area contributed by atoms with Crippen LogP contribution in [-0.2, 0) is 6.54 Å². The number of unbranched alkanes of at least 4 members (excludes halogenated alkanes) is 1. The number of aliphatic imine (C=N–C) groups is 1. The van der Waals surface area contributed by atoms with Crippen LogP contribution in [0.3, 0.4) is 0 Å². The molecule has 1 aliphatic heterocycles. The zero-order chi connectivity index (χ0) is 16.3. The van der Waals surface area contributed by atoms with Gasteiger partial charge in [0.2, 0.25) is 5.56 Å². The average Bonchev–Trinajstić information content (AvgIpc) is 3.07. The van der Waals surface area contributed by atoms with Crippen molar-refractivity contribution in [2.75, 3.05) is 25.4 Å². The summed E-state index contributed by atoms with van der Waals surface area (Å²) in [6.45, 7) is 5.52. The molecule has 1 fully saturated rings. The van der Waals surface area contributed by atoms with Gasteiger partial charge in [0.05, 0.1) is 6.54 Å². The third-order valence-corrected chi connectivity index (χ3v) is 5.22. The Hall–Kier alpha value is -0.700. The van der Waals surface area contributed by atoms with Gasteiger partial charge in [0.15, 0.2) is 5.96 Å². The Morgan fingerprint density at radius 2 is 2.25 bits per heavy atom.